The summed E-state index contributed by atoms with van der Waals surface area (Å²) < 4.78 is 39.5. The molecule has 0 saturated carbocycles. The van der Waals surface area contributed by atoms with Gasteiger partial charge in [0.25, 0.3) is 0 Å². The Bertz CT molecular complexity index is 1110. The zero-order valence-corrected chi connectivity index (χ0v) is 18.2. The van der Waals surface area contributed by atoms with Crippen LogP contribution in [0.3, 0.4) is 0 Å². The van der Waals surface area contributed by atoms with E-state index < -0.39 is 17.6 Å². The Morgan fingerprint density at radius 1 is 1.00 bits per heavy atom. The summed E-state index contributed by atoms with van der Waals surface area (Å²) in [5, 5.41) is 2.80. The SMILES string of the molecule is COc1cc(C2CC(=O)C3=C(C2)NC(=O)CC3c2cc(F)ccc2F)ccc1OC(C)C. The molecule has 32 heavy (non-hydrogen) atoms. The molecule has 1 heterocycles. The third-order valence-corrected chi connectivity index (χ3v) is 5.89. The summed E-state index contributed by atoms with van der Waals surface area (Å²) >= 11 is 0. The largest absolute Gasteiger partial charge is 0.493 e. The lowest BCUT2D eigenvalue weighted by Crippen LogP contribution is -2.38. The molecule has 1 amide bonds. The zero-order chi connectivity index (χ0) is 23.0. The minimum Gasteiger partial charge on any atom is -0.493 e. The maximum Gasteiger partial charge on any atom is 0.225 e. The van der Waals surface area contributed by atoms with Crippen molar-refractivity contribution in [2.75, 3.05) is 7.11 Å². The van der Waals surface area contributed by atoms with Gasteiger partial charge in [-0.1, -0.05) is 6.07 Å². The van der Waals surface area contributed by atoms with Gasteiger partial charge >= 0.3 is 0 Å². The van der Waals surface area contributed by atoms with Crippen LogP contribution in [-0.4, -0.2) is 24.9 Å². The Morgan fingerprint density at radius 3 is 2.50 bits per heavy atom. The van der Waals surface area contributed by atoms with E-state index >= 15 is 0 Å². The van der Waals surface area contributed by atoms with Gasteiger partial charge in [-0.25, -0.2) is 8.78 Å². The number of rotatable bonds is 5. The van der Waals surface area contributed by atoms with Crippen molar-refractivity contribution in [1.29, 1.82) is 0 Å². The number of benzene rings is 2. The summed E-state index contributed by atoms with van der Waals surface area (Å²) in [5.74, 6) is -1.52. The smallest absolute Gasteiger partial charge is 0.225 e. The first kappa shape index (κ1) is 22.0. The van der Waals surface area contributed by atoms with Crippen molar-refractivity contribution in [3.63, 3.8) is 0 Å². The number of methoxy groups -OCH3 is 1. The molecule has 168 valence electrons. The van der Waals surface area contributed by atoms with Crippen LogP contribution >= 0.6 is 0 Å². The molecular formula is C25H25F2NO4. The standard InChI is InChI=1S/C25H25F2NO4/c1-13(2)32-22-7-4-14(10-23(22)31-3)15-8-20-25(21(29)9-15)18(12-24(30)28-20)17-11-16(26)5-6-19(17)27/h4-7,10-11,13,15,18H,8-9,12H2,1-3H3,(H,28,30). The Morgan fingerprint density at radius 2 is 1.78 bits per heavy atom. The summed E-state index contributed by atoms with van der Waals surface area (Å²) in [5.41, 5.74) is 1.77. The van der Waals surface area contributed by atoms with Crippen LogP contribution in [0.25, 0.3) is 0 Å². The Labute approximate surface area is 185 Å². The monoisotopic (exact) mass is 441 g/mol. The summed E-state index contributed by atoms with van der Waals surface area (Å²) in [6.45, 7) is 3.84. The van der Waals surface area contributed by atoms with Gasteiger partial charge in [0.15, 0.2) is 17.3 Å². The van der Waals surface area contributed by atoms with Crippen LogP contribution in [0.5, 0.6) is 11.5 Å². The van der Waals surface area contributed by atoms with E-state index in [0.29, 0.717) is 29.2 Å². The topological polar surface area (TPSA) is 64.6 Å². The predicted octanol–water partition coefficient (Wildman–Crippen LogP) is 4.76. The fraction of sp³-hybridized carbons (Fsp3) is 0.360. The van der Waals surface area contributed by atoms with Crippen molar-refractivity contribution in [3.8, 4) is 11.5 Å². The van der Waals surface area contributed by atoms with Crippen molar-refractivity contribution in [2.24, 2.45) is 0 Å². The summed E-state index contributed by atoms with van der Waals surface area (Å²) in [7, 11) is 1.55. The molecule has 0 bridgehead atoms. The van der Waals surface area contributed by atoms with E-state index in [1.165, 1.54) is 0 Å². The first-order valence-electron chi connectivity index (χ1n) is 10.6. The predicted molar refractivity (Wildman–Crippen MR) is 115 cm³/mol. The minimum atomic E-state index is -0.792. The lowest BCUT2D eigenvalue weighted by atomic mass is 9.73. The van der Waals surface area contributed by atoms with Crippen molar-refractivity contribution < 1.29 is 27.8 Å². The molecule has 2 unspecified atom stereocenters. The second-order valence-corrected chi connectivity index (χ2v) is 8.47. The van der Waals surface area contributed by atoms with Gasteiger partial charge in [0.1, 0.15) is 11.6 Å². The average molecular weight is 441 g/mol. The number of ketones is 1. The quantitative estimate of drug-likeness (QED) is 0.726. The molecule has 1 N–H and O–H groups in total. The molecule has 0 radical (unpaired) electrons. The van der Waals surface area contributed by atoms with Crippen LogP contribution in [0, 0.1) is 11.6 Å². The normalized spacial score (nSPS) is 20.8. The molecule has 2 aromatic carbocycles. The molecule has 1 aliphatic heterocycles. The van der Waals surface area contributed by atoms with E-state index in [-0.39, 0.29) is 42.1 Å². The lowest BCUT2D eigenvalue weighted by molar-refractivity contribution is -0.122. The number of halogens is 2. The highest BCUT2D eigenvalue weighted by molar-refractivity contribution is 6.02. The fourth-order valence-corrected chi connectivity index (χ4v) is 4.53. The van der Waals surface area contributed by atoms with Crippen molar-refractivity contribution in [3.05, 3.63) is 70.4 Å². The number of allylic oxidation sites excluding steroid dienone is 2. The molecule has 0 aromatic heterocycles. The Kier molecular flexibility index (Phi) is 6.00. The number of Topliss-reactive ketones (excluding diaryl/α,β-unsaturated/α-hetero) is 1. The van der Waals surface area contributed by atoms with E-state index in [0.717, 1.165) is 23.8 Å². The molecule has 2 aromatic rings. The number of nitrogens with one attached hydrogen (secondary N) is 1. The van der Waals surface area contributed by atoms with Gasteiger partial charge in [0.2, 0.25) is 5.91 Å². The maximum absolute atomic E-state index is 14.5. The highest BCUT2D eigenvalue weighted by Gasteiger charge is 2.39. The van der Waals surface area contributed by atoms with E-state index in [4.69, 9.17) is 9.47 Å². The van der Waals surface area contributed by atoms with Gasteiger partial charge in [-0.3, -0.25) is 9.59 Å². The first-order chi connectivity index (χ1) is 15.3. The second kappa shape index (κ2) is 8.73. The van der Waals surface area contributed by atoms with Gasteiger partial charge < -0.3 is 14.8 Å². The Balaban J connectivity index is 1.68. The highest BCUT2D eigenvalue weighted by Crippen LogP contribution is 2.44. The molecule has 7 heteroatoms. The number of carbonyl (C=O) groups excluding carboxylic acids is 2. The van der Waals surface area contributed by atoms with Crippen LogP contribution in [-0.2, 0) is 9.59 Å². The van der Waals surface area contributed by atoms with E-state index in [1.807, 2.05) is 32.0 Å². The highest BCUT2D eigenvalue weighted by atomic mass is 19.1. The van der Waals surface area contributed by atoms with Gasteiger partial charge in [0.05, 0.1) is 13.2 Å². The average Bonchev–Trinajstić information content (AvgIpc) is 2.74. The van der Waals surface area contributed by atoms with Crippen LogP contribution in [0.4, 0.5) is 8.78 Å². The van der Waals surface area contributed by atoms with Crippen LogP contribution in [0.15, 0.2) is 47.7 Å². The van der Waals surface area contributed by atoms with E-state index in [1.54, 1.807) is 7.11 Å². The lowest BCUT2D eigenvalue weighted by Gasteiger charge is -2.34. The van der Waals surface area contributed by atoms with Gasteiger partial charge in [0, 0.05) is 30.0 Å². The van der Waals surface area contributed by atoms with Crippen LogP contribution in [0.2, 0.25) is 0 Å². The molecule has 4 rings (SSSR count). The molecular weight excluding hydrogens is 416 g/mol. The third-order valence-electron chi connectivity index (χ3n) is 5.89. The van der Waals surface area contributed by atoms with Crippen molar-refractivity contribution in [1.82, 2.24) is 5.32 Å². The van der Waals surface area contributed by atoms with Crippen molar-refractivity contribution in [2.45, 2.75) is 51.0 Å². The summed E-state index contributed by atoms with van der Waals surface area (Å²) in [6, 6.07) is 8.66. The Hall–Kier alpha value is -3.22. The van der Waals surface area contributed by atoms with Gasteiger partial charge in [-0.2, -0.15) is 0 Å². The molecule has 0 fully saturated rings. The van der Waals surface area contributed by atoms with Crippen molar-refractivity contribution >= 4 is 11.7 Å². The number of hydrogen-bond donors (Lipinski definition) is 1. The molecule has 2 atom stereocenters. The van der Waals surface area contributed by atoms with E-state index in [2.05, 4.69) is 5.32 Å². The molecule has 0 saturated heterocycles. The summed E-state index contributed by atoms with van der Waals surface area (Å²) in [6.07, 6.45) is 0.505. The van der Waals surface area contributed by atoms with Gasteiger partial charge in [-0.15, -0.1) is 0 Å². The summed E-state index contributed by atoms with van der Waals surface area (Å²) in [4.78, 5) is 25.6. The molecule has 0 spiro atoms. The number of hydrogen-bond acceptors (Lipinski definition) is 4. The molecule has 2 aliphatic rings. The molecule has 1 aliphatic carbocycles. The minimum absolute atomic E-state index is 0.0173. The van der Waals surface area contributed by atoms with Gasteiger partial charge in [-0.05, 0) is 67.6 Å². The first-order valence-corrected chi connectivity index (χ1v) is 10.6. The number of carbonyl (C=O) groups is 2. The van der Waals surface area contributed by atoms with E-state index in [9.17, 15) is 18.4 Å². The fourth-order valence-electron chi connectivity index (χ4n) is 4.53. The molecule has 5 nitrogen and oxygen atoms in total. The maximum atomic E-state index is 14.5. The zero-order valence-electron chi connectivity index (χ0n) is 18.2. The third kappa shape index (κ3) is 4.24. The van der Waals surface area contributed by atoms with Crippen LogP contribution in [0.1, 0.15) is 56.1 Å². The van der Waals surface area contributed by atoms with Crippen LogP contribution < -0.4 is 14.8 Å². The number of amides is 1. The second-order valence-electron chi connectivity index (χ2n) is 8.47. The number of ether oxygens (including phenoxy) is 2.